The summed E-state index contributed by atoms with van der Waals surface area (Å²) in [6.45, 7) is 4.02. The van der Waals surface area contributed by atoms with E-state index in [0.717, 1.165) is 16.7 Å². The molecule has 4 heteroatoms. The number of carboxylic acid groups (broad SMARTS) is 1. The lowest BCUT2D eigenvalue weighted by Gasteiger charge is -2.03. The van der Waals surface area contributed by atoms with Gasteiger partial charge in [-0.3, -0.25) is 0 Å². The second-order valence-corrected chi connectivity index (χ2v) is 4.10. The maximum Gasteiger partial charge on any atom is 0.358 e. The summed E-state index contributed by atoms with van der Waals surface area (Å²) in [6, 6.07) is 6.10. The largest absolute Gasteiger partial charge is 0.476 e. The van der Waals surface area contributed by atoms with Gasteiger partial charge in [0.05, 0.1) is 0 Å². The van der Waals surface area contributed by atoms with Gasteiger partial charge in [0, 0.05) is 6.42 Å². The zero-order chi connectivity index (χ0) is 12.4. The van der Waals surface area contributed by atoms with E-state index in [1.165, 1.54) is 6.39 Å². The van der Waals surface area contributed by atoms with E-state index in [0.29, 0.717) is 12.2 Å². The van der Waals surface area contributed by atoms with Crippen molar-refractivity contribution in [1.82, 2.24) is 4.98 Å². The molecule has 0 atom stereocenters. The molecule has 0 unspecified atom stereocenters. The number of benzene rings is 1. The van der Waals surface area contributed by atoms with Gasteiger partial charge in [-0.1, -0.05) is 29.3 Å². The highest BCUT2D eigenvalue weighted by Gasteiger charge is 2.15. The molecule has 88 valence electrons. The van der Waals surface area contributed by atoms with E-state index in [1.54, 1.807) is 0 Å². The van der Waals surface area contributed by atoms with Crippen molar-refractivity contribution >= 4 is 5.97 Å². The van der Waals surface area contributed by atoms with Crippen LogP contribution in [0.1, 0.15) is 32.9 Å². The van der Waals surface area contributed by atoms with E-state index in [-0.39, 0.29) is 5.69 Å². The Morgan fingerprint density at radius 3 is 2.53 bits per heavy atom. The van der Waals surface area contributed by atoms with Crippen LogP contribution in [0.3, 0.4) is 0 Å². The third-order valence-electron chi connectivity index (χ3n) is 2.49. The quantitative estimate of drug-likeness (QED) is 0.881. The van der Waals surface area contributed by atoms with Crippen LogP contribution in [0.5, 0.6) is 0 Å². The van der Waals surface area contributed by atoms with Crippen molar-refractivity contribution in [2.24, 2.45) is 0 Å². The van der Waals surface area contributed by atoms with Crippen LogP contribution in [-0.4, -0.2) is 16.1 Å². The van der Waals surface area contributed by atoms with Crippen LogP contribution in [0.15, 0.2) is 29.0 Å². The molecule has 0 bridgehead atoms. The normalized spacial score (nSPS) is 10.5. The summed E-state index contributed by atoms with van der Waals surface area (Å²) < 4.78 is 5.12. The molecule has 0 saturated carbocycles. The first-order chi connectivity index (χ1) is 8.06. The van der Waals surface area contributed by atoms with Crippen molar-refractivity contribution in [3.63, 3.8) is 0 Å². The fraction of sp³-hybridized carbons (Fsp3) is 0.231. The lowest BCUT2D eigenvalue weighted by molar-refractivity contribution is 0.0689. The molecule has 0 spiro atoms. The molecule has 4 nitrogen and oxygen atoms in total. The molecule has 0 saturated heterocycles. The lowest BCUT2D eigenvalue weighted by atomic mass is 10.0. The molecule has 1 N–H and O–H groups in total. The maximum absolute atomic E-state index is 10.9. The summed E-state index contributed by atoms with van der Waals surface area (Å²) in [6.07, 6.45) is 1.62. The van der Waals surface area contributed by atoms with Crippen LogP contribution >= 0.6 is 0 Å². The molecule has 1 aromatic heterocycles. The van der Waals surface area contributed by atoms with Gasteiger partial charge >= 0.3 is 5.97 Å². The molecule has 0 amide bonds. The summed E-state index contributed by atoms with van der Waals surface area (Å²) in [7, 11) is 0. The highest BCUT2D eigenvalue weighted by molar-refractivity contribution is 5.86. The Balaban J connectivity index is 2.31. The molecule has 1 heterocycles. The van der Waals surface area contributed by atoms with E-state index >= 15 is 0 Å². The molecule has 17 heavy (non-hydrogen) atoms. The van der Waals surface area contributed by atoms with Crippen LogP contribution in [0.4, 0.5) is 0 Å². The molecular weight excluding hydrogens is 218 g/mol. The van der Waals surface area contributed by atoms with Crippen LogP contribution in [0.2, 0.25) is 0 Å². The Bertz CT molecular complexity index is 537. The highest BCUT2D eigenvalue weighted by Crippen LogP contribution is 2.16. The molecule has 0 aliphatic carbocycles. The standard InChI is InChI=1S/C13H13NO3/c1-8-3-9(2)5-10(4-8)6-11-12(13(15)16)14-7-17-11/h3-5,7H,6H2,1-2H3,(H,15,16). The summed E-state index contributed by atoms with van der Waals surface area (Å²) in [5.41, 5.74) is 3.32. The van der Waals surface area contributed by atoms with Crippen LogP contribution < -0.4 is 0 Å². The lowest BCUT2D eigenvalue weighted by Crippen LogP contribution is -2.02. The summed E-state index contributed by atoms with van der Waals surface area (Å²) >= 11 is 0. The Kier molecular flexibility index (Phi) is 2.95. The first-order valence-corrected chi connectivity index (χ1v) is 5.29. The van der Waals surface area contributed by atoms with E-state index in [4.69, 9.17) is 9.52 Å². The molecule has 0 aliphatic rings. The van der Waals surface area contributed by atoms with Gasteiger partial charge in [-0.05, 0) is 19.4 Å². The number of carboxylic acids is 1. The fourth-order valence-electron chi connectivity index (χ4n) is 1.93. The van der Waals surface area contributed by atoms with Crippen molar-refractivity contribution < 1.29 is 14.3 Å². The minimum Gasteiger partial charge on any atom is -0.476 e. The van der Waals surface area contributed by atoms with Crippen LogP contribution in [-0.2, 0) is 6.42 Å². The zero-order valence-electron chi connectivity index (χ0n) is 9.73. The van der Waals surface area contributed by atoms with Crippen molar-refractivity contribution in [2.75, 3.05) is 0 Å². The third kappa shape index (κ3) is 2.53. The number of carbonyl (C=O) groups is 1. The number of oxazole rings is 1. The van der Waals surface area contributed by atoms with E-state index in [9.17, 15) is 4.79 Å². The molecule has 0 radical (unpaired) electrons. The summed E-state index contributed by atoms with van der Waals surface area (Å²) in [5.74, 6) is -0.666. The summed E-state index contributed by atoms with van der Waals surface area (Å²) in [5, 5.41) is 8.92. The van der Waals surface area contributed by atoms with Gasteiger partial charge in [0.15, 0.2) is 12.1 Å². The summed E-state index contributed by atoms with van der Waals surface area (Å²) in [4.78, 5) is 14.6. The second kappa shape index (κ2) is 4.41. The number of hydrogen-bond acceptors (Lipinski definition) is 3. The van der Waals surface area contributed by atoms with Gasteiger partial charge in [-0.15, -0.1) is 0 Å². The van der Waals surface area contributed by atoms with Crippen LogP contribution in [0.25, 0.3) is 0 Å². The molecule has 2 rings (SSSR count). The maximum atomic E-state index is 10.9. The Morgan fingerprint density at radius 1 is 1.29 bits per heavy atom. The molecule has 0 aliphatic heterocycles. The van der Waals surface area contributed by atoms with Gasteiger partial charge in [0.1, 0.15) is 5.76 Å². The Hall–Kier alpha value is -2.10. The number of aromatic carboxylic acids is 1. The predicted molar refractivity (Wildman–Crippen MR) is 62.2 cm³/mol. The SMILES string of the molecule is Cc1cc(C)cc(Cc2ocnc2C(=O)O)c1. The van der Waals surface area contributed by atoms with Gasteiger partial charge in [0.25, 0.3) is 0 Å². The van der Waals surface area contributed by atoms with E-state index < -0.39 is 5.97 Å². The molecule has 0 fully saturated rings. The highest BCUT2D eigenvalue weighted by atomic mass is 16.4. The third-order valence-corrected chi connectivity index (χ3v) is 2.49. The van der Waals surface area contributed by atoms with Crippen molar-refractivity contribution in [3.05, 3.63) is 52.7 Å². The van der Waals surface area contributed by atoms with Crippen LogP contribution in [0, 0.1) is 13.8 Å². The Morgan fingerprint density at radius 2 is 1.94 bits per heavy atom. The second-order valence-electron chi connectivity index (χ2n) is 4.10. The fourth-order valence-corrected chi connectivity index (χ4v) is 1.93. The minimum absolute atomic E-state index is 0.0100. The van der Waals surface area contributed by atoms with E-state index in [1.807, 2.05) is 26.0 Å². The smallest absolute Gasteiger partial charge is 0.358 e. The molecule has 2 aromatic rings. The van der Waals surface area contributed by atoms with Crippen molar-refractivity contribution in [2.45, 2.75) is 20.3 Å². The first kappa shape index (κ1) is 11.4. The first-order valence-electron chi connectivity index (χ1n) is 5.29. The van der Waals surface area contributed by atoms with Gasteiger partial charge < -0.3 is 9.52 Å². The number of hydrogen-bond donors (Lipinski definition) is 1. The van der Waals surface area contributed by atoms with Gasteiger partial charge in [0.2, 0.25) is 0 Å². The monoisotopic (exact) mass is 231 g/mol. The average molecular weight is 231 g/mol. The number of aryl methyl sites for hydroxylation is 2. The zero-order valence-corrected chi connectivity index (χ0v) is 9.73. The number of nitrogens with zero attached hydrogens (tertiary/aromatic N) is 1. The minimum atomic E-state index is -1.06. The predicted octanol–water partition coefficient (Wildman–Crippen LogP) is 2.58. The topological polar surface area (TPSA) is 63.3 Å². The van der Waals surface area contributed by atoms with Crippen molar-refractivity contribution in [3.8, 4) is 0 Å². The number of rotatable bonds is 3. The van der Waals surface area contributed by atoms with Gasteiger partial charge in [-0.2, -0.15) is 0 Å². The Labute approximate surface area is 98.9 Å². The number of aromatic nitrogens is 1. The van der Waals surface area contributed by atoms with Gasteiger partial charge in [-0.25, -0.2) is 9.78 Å². The average Bonchev–Trinajstić information content (AvgIpc) is 2.63. The molecular formula is C13H13NO3. The van der Waals surface area contributed by atoms with E-state index in [2.05, 4.69) is 11.1 Å². The van der Waals surface area contributed by atoms with Crippen molar-refractivity contribution in [1.29, 1.82) is 0 Å². The molecule has 1 aromatic carbocycles.